The number of hydrogen-bond donors (Lipinski definition) is 1. The summed E-state index contributed by atoms with van der Waals surface area (Å²) in [4.78, 5) is 31.8. The van der Waals surface area contributed by atoms with Crippen molar-refractivity contribution in [2.45, 2.75) is 26.8 Å². The number of ether oxygens (including phenoxy) is 1. The molecule has 1 fully saturated rings. The summed E-state index contributed by atoms with van der Waals surface area (Å²) in [6.45, 7) is 8.60. The molecule has 0 bridgehead atoms. The van der Waals surface area contributed by atoms with Crippen molar-refractivity contribution in [3.8, 4) is 5.75 Å². The van der Waals surface area contributed by atoms with Gasteiger partial charge in [0.05, 0.1) is 12.8 Å². The fourth-order valence-electron chi connectivity index (χ4n) is 3.54. The molecule has 0 radical (unpaired) electrons. The maximum absolute atomic E-state index is 12.3. The molecule has 0 unspecified atom stereocenters. The SMILES string of the molecule is COc1ccccc1N1CCN(CCCn2c(=O)[nH]c(C)c(C)c2=O)CC1.Cl. The van der Waals surface area contributed by atoms with Crippen molar-refractivity contribution in [3.63, 3.8) is 0 Å². The Labute approximate surface area is 171 Å². The first-order valence-electron chi connectivity index (χ1n) is 9.42. The molecular formula is C20H29ClN4O3. The zero-order valence-corrected chi connectivity index (χ0v) is 17.6. The van der Waals surface area contributed by atoms with Gasteiger partial charge in [0.2, 0.25) is 0 Å². The van der Waals surface area contributed by atoms with Gasteiger partial charge in [-0.3, -0.25) is 14.3 Å². The summed E-state index contributed by atoms with van der Waals surface area (Å²) in [5.41, 5.74) is 1.89. The lowest BCUT2D eigenvalue weighted by Gasteiger charge is -2.36. The predicted octanol–water partition coefficient (Wildman–Crippen LogP) is 1.80. The van der Waals surface area contributed by atoms with Crippen molar-refractivity contribution < 1.29 is 4.74 Å². The number of aromatic amines is 1. The summed E-state index contributed by atoms with van der Waals surface area (Å²) in [5.74, 6) is 0.902. The molecule has 1 aliphatic rings. The highest BCUT2D eigenvalue weighted by atomic mass is 35.5. The molecule has 1 aromatic heterocycles. The third kappa shape index (κ3) is 4.77. The second kappa shape index (κ2) is 9.80. The highest BCUT2D eigenvalue weighted by molar-refractivity contribution is 5.85. The third-order valence-corrected chi connectivity index (χ3v) is 5.32. The number of para-hydroxylation sites is 2. The number of nitrogens with one attached hydrogen (secondary N) is 1. The van der Waals surface area contributed by atoms with Gasteiger partial charge in [0.25, 0.3) is 5.56 Å². The molecule has 8 heteroatoms. The minimum absolute atomic E-state index is 0. The van der Waals surface area contributed by atoms with E-state index in [0.717, 1.165) is 50.6 Å². The number of H-pyrrole nitrogens is 1. The van der Waals surface area contributed by atoms with Crippen LogP contribution < -0.4 is 20.9 Å². The first-order chi connectivity index (χ1) is 13.0. The quantitative estimate of drug-likeness (QED) is 0.789. The molecule has 28 heavy (non-hydrogen) atoms. The number of aromatic nitrogens is 2. The van der Waals surface area contributed by atoms with Crippen LogP contribution in [0.15, 0.2) is 33.9 Å². The van der Waals surface area contributed by atoms with E-state index < -0.39 is 0 Å². The van der Waals surface area contributed by atoms with Crippen LogP contribution in [-0.4, -0.2) is 54.3 Å². The van der Waals surface area contributed by atoms with Gasteiger partial charge in [-0.25, -0.2) is 4.79 Å². The lowest BCUT2D eigenvalue weighted by atomic mass is 10.2. The van der Waals surface area contributed by atoms with Gasteiger partial charge in [0, 0.05) is 44.0 Å². The van der Waals surface area contributed by atoms with E-state index in [2.05, 4.69) is 20.9 Å². The molecule has 1 saturated heterocycles. The highest BCUT2D eigenvalue weighted by Gasteiger charge is 2.19. The number of piperazine rings is 1. The number of rotatable bonds is 6. The second-order valence-corrected chi connectivity index (χ2v) is 6.99. The number of methoxy groups -OCH3 is 1. The molecule has 2 aromatic rings. The van der Waals surface area contributed by atoms with Gasteiger partial charge in [-0.2, -0.15) is 0 Å². The fourth-order valence-corrected chi connectivity index (χ4v) is 3.54. The van der Waals surface area contributed by atoms with Gasteiger partial charge in [0.15, 0.2) is 0 Å². The molecule has 1 aromatic carbocycles. The van der Waals surface area contributed by atoms with Crippen LogP contribution >= 0.6 is 12.4 Å². The number of aryl methyl sites for hydroxylation is 1. The Morgan fingerprint density at radius 3 is 2.39 bits per heavy atom. The van der Waals surface area contributed by atoms with Crippen molar-refractivity contribution in [1.82, 2.24) is 14.5 Å². The molecule has 3 rings (SSSR count). The number of nitrogens with zero attached hydrogens (tertiary/aromatic N) is 3. The average molecular weight is 409 g/mol. The van der Waals surface area contributed by atoms with E-state index in [1.807, 2.05) is 18.2 Å². The monoisotopic (exact) mass is 408 g/mol. The van der Waals surface area contributed by atoms with Crippen LogP contribution in [-0.2, 0) is 6.54 Å². The number of hydrogen-bond acceptors (Lipinski definition) is 5. The lowest BCUT2D eigenvalue weighted by molar-refractivity contribution is 0.249. The largest absolute Gasteiger partial charge is 0.495 e. The van der Waals surface area contributed by atoms with Crippen molar-refractivity contribution in [2.75, 3.05) is 44.7 Å². The summed E-state index contributed by atoms with van der Waals surface area (Å²) in [5, 5.41) is 0. The van der Waals surface area contributed by atoms with Gasteiger partial charge in [-0.05, 0) is 38.9 Å². The first kappa shape index (κ1) is 22.0. The van der Waals surface area contributed by atoms with Gasteiger partial charge in [0.1, 0.15) is 5.75 Å². The van der Waals surface area contributed by atoms with Crippen LogP contribution in [0.25, 0.3) is 0 Å². The topological polar surface area (TPSA) is 70.6 Å². The molecule has 0 saturated carbocycles. The van der Waals surface area contributed by atoms with E-state index in [1.165, 1.54) is 4.57 Å². The molecule has 0 spiro atoms. The Balaban J connectivity index is 0.00000280. The second-order valence-electron chi connectivity index (χ2n) is 6.99. The molecule has 154 valence electrons. The Morgan fingerprint density at radius 1 is 1.04 bits per heavy atom. The van der Waals surface area contributed by atoms with Gasteiger partial charge in [-0.15, -0.1) is 12.4 Å². The van der Waals surface area contributed by atoms with E-state index in [-0.39, 0.29) is 23.7 Å². The van der Waals surface area contributed by atoms with Crippen molar-refractivity contribution in [2.24, 2.45) is 0 Å². The smallest absolute Gasteiger partial charge is 0.328 e. The molecule has 0 atom stereocenters. The van der Waals surface area contributed by atoms with Crippen LogP contribution in [0.1, 0.15) is 17.7 Å². The third-order valence-electron chi connectivity index (χ3n) is 5.32. The van der Waals surface area contributed by atoms with E-state index in [4.69, 9.17) is 4.74 Å². The van der Waals surface area contributed by atoms with Gasteiger partial charge < -0.3 is 14.6 Å². The van der Waals surface area contributed by atoms with Crippen molar-refractivity contribution in [1.29, 1.82) is 0 Å². The van der Waals surface area contributed by atoms with Gasteiger partial charge in [-0.1, -0.05) is 12.1 Å². The van der Waals surface area contributed by atoms with Crippen LogP contribution in [0, 0.1) is 13.8 Å². The molecule has 1 aliphatic heterocycles. The average Bonchev–Trinajstić information content (AvgIpc) is 2.69. The lowest BCUT2D eigenvalue weighted by Crippen LogP contribution is -2.47. The van der Waals surface area contributed by atoms with E-state index in [9.17, 15) is 9.59 Å². The molecule has 2 heterocycles. The van der Waals surface area contributed by atoms with Crippen LogP contribution in [0.3, 0.4) is 0 Å². The van der Waals surface area contributed by atoms with Crippen LogP contribution in [0.2, 0.25) is 0 Å². The number of halogens is 1. The maximum Gasteiger partial charge on any atom is 0.328 e. The Bertz CT molecular complexity index is 901. The summed E-state index contributed by atoms with van der Waals surface area (Å²) < 4.78 is 6.77. The van der Waals surface area contributed by atoms with E-state index in [0.29, 0.717) is 17.8 Å². The Hall–Kier alpha value is -2.25. The predicted molar refractivity (Wildman–Crippen MR) is 114 cm³/mol. The first-order valence-corrected chi connectivity index (χ1v) is 9.42. The van der Waals surface area contributed by atoms with E-state index >= 15 is 0 Å². The van der Waals surface area contributed by atoms with Crippen LogP contribution in [0.4, 0.5) is 5.69 Å². The molecule has 1 N–H and O–H groups in total. The fraction of sp³-hybridized carbons (Fsp3) is 0.500. The molecular weight excluding hydrogens is 380 g/mol. The summed E-state index contributed by atoms with van der Waals surface area (Å²) in [7, 11) is 1.70. The number of anilines is 1. The minimum atomic E-state index is -0.316. The molecule has 0 aliphatic carbocycles. The van der Waals surface area contributed by atoms with Crippen molar-refractivity contribution >= 4 is 18.1 Å². The minimum Gasteiger partial charge on any atom is -0.495 e. The van der Waals surface area contributed by atoms with E-state index in [1.54, 1.807) is 21.0 Å². The molecule has 7 nitrogen and oxygen atoms in total. The number of benzene rings is 1. The summed E-state index contributed by atoms with van der Waals surface area (Å²) in [6.07, 6.45) is 0.778. The Kier molecular flexibility index (Phi) is 7.71. The maximum atomic E-state index is 12.3. The zero-order valence-electron chi connectivity index (χ0n) is 16.7. The zero-order chi connectivity index (χ0) is 19.4. The summed E-state index contributed by atoms with van der Waals surface area (Å²) >= 11 is 0. The van der Waals surface area contributed by atoms with Crippen molar-refractivity contribution in [3.05, 3.63) is 56.4 Å². The summed E-state index contributed by atoms with van der Waals surface area (Å²) in [6, 6.07) is 8.09. The standard InChI is InChI=1S/C20H28N4O3.ClH/c1-15-16(2)21-20(26)24(19(15)25)10-6-9-22-11-13-23(14-12-22)17-7-4-5-8-18(17)27-3;/h4-5,7-8H,6,9-14H2,1-3H3,(H,21,26);1H. The highest BCUT2D eigenvalue weighted by Crippen LogP contribution is 2.28. The normalized spacial score (nSPS) is 14.6. The van der Waals surface area contributed by atoms with Gasteiger partial charge >= 0.3 is 5.69 Å². The molecule has 0 amide bonds. The Morgan fingerprint density at radius 2 is 1.71 bits per heavy atom. The van der Waals surface area contributed by atoms with Crippen LogP contribution in [0.5, 0.6) is 5.75 Å².